The van der Waals surface area contributed by atoms with E-state index >= 15 is 0 Å². The summed E-state index contributed by atoms with van der Waals surface area (Å²) in [4.78, 5) is 22.4. The maximum absolute atomic E-state index is 13.8. The van der Waals surface area contributed by atoms with E-state index in [0.29, 0.717) is 17.4 Å². The van der Waals surface area contributed by atoms with Gasteiger partial charge in [-0.05, 0) is 90.4 Å². The third kappa shape index (κ3) is 4.88. The van der Waals surface area contributed by atoms with Crippen LogP contribution in [0.5, 0.6) is 0 Å². The molecule has 0 saturated heterocycles. The quantitative estimate of drug-likeness (QED) is 0.346. The number of hydrogen-bond acceptors (Lipinski definition) is 3. The number of aliphatic imine (C=N–C) groups is 1. The number of hydrogen-bond donors (Lipinski definition) is 0. The first kappa shape index (κ1) is 21.3. The molecule has 1 saturated carbocycles. The van der Waals surface area contributed by atoms with Gasteiger partial charge in [-0.3, -0.25) is 14.8 Å². The van der Waals surface area contributed by atoms with Crippen molar-refractivity contribution in [1.29, 1.82) is 0 Å². The van der Waals surface area contributed by atoms with Gasteiger partial charge in [0, 0.05) is 39.6 Å². The number of ketones is 1. The number of halogens is 2. The molecule has 2 unspecified atom stereocenters. The average molecular weight is 516 g/mol. The maximum atomic E-state index is 13.8. The van der Waals surface area contributed by atoms with Crippen LogP contribution in [0, 0.1) is 34.1 Å². The zero-order valence-corrected chi connectivity index (χ0v) is 19.3. The number of aromatic nitrogens is 1. The molecule has 3 nitrogen and oxygen atoms in total. The SMILES string of the molecule is Cc1ccc(C2=CC(C[C@@H]3CCCCC3C(=O)c3cc(F)ccc3I)CN=C2)nc1. The molecule has 2 aromatic rings. The fraction of sp³-hybridized carbons (Fsp3) is 0.400. The van der Waals surface area contributed by atoms with Crippen LogP contribution in [-0.4, -0.2) is 23.5 Å². The summed E-state index contributed by atoms with van der Waals surface area (Å²) in [5.74, 6) is 0.345. The molecule has 4 rings (SSSR count). The smallest absolute Gasteiger partial charge is 0.167 e. The van der Waals surface area contributed by atoms with Crippen LogP contribution in [0.3, 0.4) is 0 Å². The lowest BCUT2D eigenvalue weighted by Gasteiger charge is -2.33. The number of rotatable bonds is 5. The second-order valence-corrected chi connectivity index (χ2v) is 9.63. The normalized spacial score (nSPS) is 23.8. The monoisotopic (exact) mass is 516 g/mol. The van der Waals surface area contributed by atoms with Gasteiger partial charge in [0.15, 0.2) is 5.78 Å². The highest BCUT2D eigenvalue weighted by molar-refractivity contribution is 14.1. The molecule has 1 aromatic heterocycles. The molecule has 3 atom stereocenters. The van der Waals surface area contributed by atoms with E-state index in [0.717, 1.165) is 59.0 Å². The number of benzene rings is 1. The van der Waals surface area contributed by atoms with Crippen molar-refractivity contribution in [2.24, 2.45) is 22.7 Å². The Morgan fingerprint density at radius 2 is 2.03 bits per heavy atom. The van der Waals surface area contributed by atoms with Crippen molar-refractivity contribution in [1.82, 2.24) is 4.98 Å². The lowest BCUT2D eigenvalue weighted by atomic mass is 9.71. The maximum Gasteiger partial charge on any atom is 0.167 e. The van der Waals surface area contributed by atoms with E-state index in [1.807, 2.05) is 25.4 Å². The number of allylic oxidation sites excluding steroid dienone is 1. The van der Waals surface area contributed by atoms with Gasteiger partial charge >= 0.3 is 0 Å². The topological polar surface area (TPSA) is 42.3 Å². The Labute approximate surface area is 191 Å². The summed E-state index contributed by atoms with van der Waals surface area (Å²) >= 11 is 2.14. The van der Waals surface area contributed by atoms with Gasteiger partial charge < -0.3 is 0 Å². The van der Waals surface area contributed by atoms with E-state index in [1.54, 1.807) is 6.07 Å². The number of dihydropyridines is 1. The molecule has 2 heterocycles. The van der Waals surface area contributed by atoms with Crippen LogP contribution in [0.2, 0.25) is 0 Å². The summed E-state index contributed by atoms with van der Waals surface area (Å²) in [6, 6.07) is 8.62. The fourth-order valence-corrected chi connectivity index (χ4v) is 5.28. The number of Topliss-reactive ketones (excluding diaryl/α,β-unsaturated/α-hetero) is 1. The first-order valence-electron chi connectivity index (χ1n) is 10.6. The van der Waals surface area contributed by atoms with Crippen LogP contribution in [0.1, 0.15) is 53.7 Å². The van der Waals surface area contributed by atoms with E-state index in [-0.39, 0.29) is 17.5 Å². The lowest BCUT2D eigenvalue weighted by Crippen LogP contribution is -2.30. The molecule has 1 aliphatic carbocycles. The van der Waals surface area contributed by atoms with Gasteiger partial charge in [0.05, 0.1) is 5.69 Å². The molecule has 0 N–H and O–H groups in total. The zero-order chi connectivity index (χ0) is 21.1. The average Bonchev–Trinajstić information content (AvgIpc) is 2.76. The largest absolute Gasteiger partial charge is 0.294 e. The number of pyridine rings is 1. The van der Waals surface area contributed by atoms with Crippen LogP contribution in [0.15, 0.2) is 47.6 Å². The highest BCUT2D eigenvalue weighted by atomic mass is 127. The number of carbonyl (C=O) groups excluding carboxylic acids is 1. The van der Waals surface area contributed by atoms with Crippen molar-refractivity contribution < 1.29 is 9.18 Å². The van der Waals surface area contributed by atoms with Crippen molar-refractivity contribution in [3.05, 3.63) is 68.8 Å². The summed E-state index contributed by atoms with van der Waals surface area (Å²) in [5.41, 5.74) is 3.68. The van der Waals surface area contributed by atoms with Crippen LogP contribution in [-0.2, 0) is 0 Å². The minimum absolute atomic E-state index is 0.0330. The Morgan fingerprint density at radius 3 is 2.83 bits per heavy atom. The third-order valence-electron chi connectivity index (χ3n) is 6.24. The Balaban J connectivity index is 1.52. The third-order valence-corrected chi connectivity index (χ3v) is 7.18. The molecule has 2 aliphatic rings. The van der Waals surface area contributed by atoms with E-state index in [2.05, 4.69) is 44.7 Å². The summed E-state index contributed by atoms with van der Waals surface area (Å²) in [7, 11) is 0. The molecule has 0 amide bonds. The van der Waals surface area contributed by atoms with Gasteiger partial charge in [0.2, 0.25) is 0 Å². The molecule has 5 heteroatoms. The van der Waals surface area contributed by atoms with Crippen molar-refractivity contribution in [3.63, 3.8) is 0 Å². The van der Waals surface area contributed by atoms with Crippen molar-refractivity contribution >= 4 is 40.2 Å². The van der Waals surface area contributed by atoms with Gasteiger partial charge in [-0.15, -0.1) is 0 Å². The Morgan fingerprint density at radius 1 is 1.20 bits per heavy atom. The predicted octanol–water partition coefficient (Wildman–Crippen LogP) is 6.30. The minimum atomic E-state index is -0.342. The second-order valence-electron chi connectivity index (χ2n) is 8.47. The Kier molecular flexibility index (Phi) is 6.76. The first-order valence-corrected chi connectivity index (χ1v) is 11.7. The Hall–Kier alpha value is -1.89. The van der Waals surface area contributed by atoms with Crippen LogP contribution in [0.25, 0.3) is 5.57 Å². The van der Waals surface area contributed by atoms with E-state index in [4.69, 9.17) is 0 Å². The number of carbonyl (C=O) groups is 1. The standard InChI is InChI=1S/C25H26FIN2O/c1-16-6-9-24(29-13-16)19-11-17(14-28-15-19)10-18-4-2-3-5-21(18)25(30)22-12-20(26)7-8-23(22)27/h6-9,11-13,15,17-18,21H,2-5,10,14H2,1H3/t17?,18-,21?/m0/s1. The number of aryl methyl sites for hydroxylation is 1. The molecule has 30 heavy (non-hydrogen) atoms. The van der Waals surface area contributed by atoms with Crippen LogP contribution >= 0.6 is 22.6 Å². The molecule has 156 valence electrons. The molecule has 1 aliphatic heterocycles. The fourth-order valence-electron chi connectivity index (χ4n) is 4.68. The second kappa shape index (κ2) is 9.50. The van der Waals surface area contributed by atoms with Gasteiger partial charge in [-0.2, -0.15) is 0 Å². The zero-order valence-electron chi connectivity index (χ0n) is 17.2. The van der Waals surface area contributed by atoms with Gasteiger partial charge in [-0.1, -0.05) is 25.0 Å². The minimum Gasteiger partial charge on any atom is -0.294 e. The lowest BCUT2D eigenvalue weighted by molar-refractivity contribution is 0.0805. The summed E-state index contributed by atoms with van der Waals surface area (Å²) < 4.78 is 14.6. The molecule has 0 radical (unpaired) electrons. The summed E-state index contributed by atoms with van der Waals surface area (Å²) in [5, 5.41) is 0. The van der Waals surface area contributed by atoms with Crippen molar-refractivity contribution in [3.8, 4) is 0 Å². The molecule has 1 fully saturated rings. The Bertz CT molecular complexity index is 983. The molecular formula is C25H26FIN2O. The van der Waals surface area contributed by atoms with Crippen molar-refractivity contribution in [2.75, 3.05) is 6.54 Å². The molecule has 0 bridgehead atoms. The van der Waals surface area contributed by atoms with Gasteiger partial charge in [0.1, 0.15) is 5.82 Å². The molecule has 0 spiro atoms. The molecule has 1 aromatic carbocycles. The van der Waals surface area contributed by atoms with E-state index in [9.17, 15) is 9.18 Å². The van der Waals surface area contributed by atoms with Gasteiger partial charge in [-0.25, -0.2) is 4.39 Å². The van der Waals surface area contributed by atoms with Crippen LogP contribution < -0.4 is 0 Å². The molecular weight excluding hydrogens is 490 g/mol. The van der Waals surface area contributed by atoms with Crippen molar-refractivity contribution in [2.45, 2.75) is 39.0 Å². The van der Waals surface area contributed by atoms with Gasteiger partial charge in [0.25, 0.3) is 0 Å². The first-order chi connectivity index (χ1) is 14.5. The highest BCUT2D eigenvalue weighted by Gasteiger charge is 2.34. The number of nitrogens with zero attached hydrogens (tertiary/aromatic N) is 2. The van der Waals surface area contributed by atoms with Crippen LogP contribution in [0.4, 0.5) is 4.39 Å². The summed E-state index contributed by atoms with van der Waals surface area (Å²) in [6.07, 6.45) is 11.2. The predicted molar refractivity (Wildman–Crippen MR) is 127 cm³/mol. The van der Waals surface area contributed by atoms with E-state index in [1.165, 1.54) is 12.1 Å². The summed E-state index contributed by atoms with van der Waals surface area (Å²) in [6.45, 7) is 2.78. The van der Waals surface area contributed by atoms with E-state index < -0.39 is 0 Å². The highest BCUT2D eigenvalue weighted by Crippen LogP contribution is 2.38.